The van der Waals surface area contributed by atoms with Crippen LogP contribution in [0.4, 0.5) is 23.1 Å². The third kappa shape index (κ3) is 3.22. The molecule has 0 aliphatic heterocycles. The van der Waals surface area contributed by atoms with Crippen molar-refractivity contribution in [2.45, 2.75) is 0 Å². The number of hydrogen-bond acceptors (Lipinski definition) is 5. The van der Waals surface area contributed by atoms with Crippen molar-refractivity contribution in [2.24, 2.45) is 0 Å². The lowest BCUT2D eigenvalue weighted by Crippen LogP contribution is -2.17. The molecule has 0 spiro atoms. The second-order valence-electron chi connectivity index (χ2n) is 6.49. The van der Waals surface area contributed by atoms with Crippen molar-refractivity contribution in [1.82, 2.24) is 9.97 Å². The molecule has 1 heterocycles. The van der Waals surface area contributed by atoms with E-state index in [-0.39, 0.29) is 0 Å². The Balaban J connectivity index is 1.92. The lowest BCUT2D eigenvalue weighted by Gasteiger charge is -2.24. The summed E-state index contributed by atoms with van der Waals surface area (Å²) in [6.07, 6.45) is 0. The van der Waals surface area contributed by atoms with Crippen LogP contribution >= 0.6 is 0 Å². The molecule has 5 nitrogen and oxygen atoms in total. The van der Waals surface area contributed by atoms with Crippen LogP contribution in [0, 0.1) is 0 Å². The number of methoxy groups -OCH3 is 1. The van der Waals surface area contributed by atoms with Crippen LogP contribution in [0.3, 0.4) is 0 Å². The zero-order valence-corrected chi connectivity index (χ0v) is 16.2. The fourth-order valence-electron chi connectivity index (χ4n) is 3.21. The highest BCUT2D eigenvalue weighted by Gasteiger charge is 2.18. The van der Waals surface area contributed by atoms with Gasteiger partial charge in [-0.15, -0.1) is 0 Å². The number of benzene rings is 3. The summed E-state index contributed by atoms with van der Waals surface area (Å²) in [6, 6.07) is 26.2. The Morgan fingerprint density at radius 1 is 0.679 bits per heavy atom. The van der Waals surface area contributed by atoms with Crippen molar-refractivity contribution in [2.75, 3.05) is 31.0 Å². The molecule has 140 valence electrons. The molecule has 0 fully saturated rings. The monoisotopic (exact) mass is 370 g/mol. The lowest BCUT2D eigenvalue weighted by molar-refractivity contribution is 0.419. The molecule has 0 N–H and O–H groups in total. The molecule has 4 aromatic rings. The number of rotatable bonds is 5. The van der Waals surface area contributed by atoms with E-state index in [1.165, 1.54) is 0 Å². The zero-order chi connectivity index (χ0) is 19.5. The van der Waals surface area contributed by atoms with Gasteiger partial charge >= 0.3 is 0 Å². The average molecular weight is 370 g/mol. The summed E-state index contributed by atoms with van der Waals surface area (Å²) in [4.78, 5) is 13.8. The SMILES string of the molecule is COc1cccc2c(N(C)c3ccccc3)nc(N(C)c3ccccc3)nc12. The molecule has 0 amide bonds. The number of hydrogen-bond donors (Lipinski definition) is 0. The highest BCUT2D eigenvalue weighted by molar-refractivity contribution is 5.96. The molecule has 0 bridgehead atoms. The fourth-order valence-corrected chi connectivity index (χ4v) is 3.21. The number of para-hydroxylation sites is 3. The van der Waals surface area contributed by atoms with Crippen molar-refractivity contribution < 1.29 is 4.74 Å². The van der Waals surface area contributed by atoms with E-state index in [9.17, 15) is 0 Å². The minimum Gasteiger partial charge on any atom is -0.494 e. The largest absolute Gasteiger partial charge is 0.494 e. The maximum absolute atomic E-state index is 5.58. The Morgan fingerprint density at radius 3 is 1.89 bits per heavy atom. The van der Waals surface area contributed by atoms with Crippen LogP contribution in [0.15, 0.2) is 78.9 Å². The predicted octanol–water partition coefficient (Wildman–Crippen LogP) is 5.17. The van der Waals surface area contributed by atoms with Gasteiger partial charge in [-0.2, -0.15) is 4.98 Å². The number of fused-ring (bicyclic) bond motifs is 1. The summed E-state index contributed by atoms with van der Waals surface area (Å²) in [5, 5.41) is 0.941. The van der Waals surface area contributed by atoms with Gasteiger partial charge in [-0.05, 0) is 36.4 Å². The minimum atomic E-state index is 0.612. The standard InChI is InChI=1S/C23H22N4O/c1-26(17-11-6-4-7-12-17)22-19-15-10-16-20(28-3)21(19)24-23(25-22)27(2)18-13-8-5-9-14-18/h4-16H,1-3H3. The summed E-state index contributed by atoms with van der Waals surface area (Å²) in [7, 11) is 5.65. The van der Waals surface area contributed by atoms with Crippen LogP contribution in [-0.2, 0) is 0 Å². The van der Waals surface area contributed by atoms with E-state index in [1.807, 2.05) is 85.7 Å². The van der Waals surface area contributed by atoms with E-state index in [2.05, 4.69) is 17.0 Å². The van der Waals surface area contributed by atoms with E-state index in [4.69, 9.17) is 14.7 Å². The number of aromatic nitrogens is 2. The minimum absolute atomic E-state index is 0.612. The number of nitrogens with zero attached hydrogens (tertiary/aromatic N) is 4. The van der Waals surface area contributed by atoms with Crippen molar-refractivity contribution in [1.29, 1.82) is 0 Å². The Kier molecular flexibility index (Phi) is 4.81. The Hall–Kier alpha value is -3.60. The summed E-state index contributed by atoms with van der Waals surface area (Å²) < 4.78 is 5.58. The van der Waals surface area contributed by atoms with Crippen molar-refractivity contribution in [3.05, 3.63) is 78.9 Å². The van der Waals surface area contributed by atoms with Gasteiger partial charge < -0.3 is 14.5 Å². The molecular formula is C23H22N4O. The molecule has 5 heteroatoms. The maximum Gasteiger partial charge on any atom is 0.232 e. The lowest BCUT2D eigenvalue weighted by atomic mass is 10.2. The summed E-state index contributed by atoms with van der Waals surface area (Å²) in [5.74, 6) is 2.17. The van der Waals surface area contributed by atoms with Crippen LogP contribution in [0.25, 0.3) is 10.9 Å². The number of ether oxygens (including phenoxy) is 1. The van der Waals surface area contributed by atoms with E-state index < -0.39 is 0 Å². The zero-order valence-electron chi connectivity index (χ0n) is 16.2. The van der Waals surface area contributed by atoms with Crippen molar-refractivity contribution >= 4 is 34.0 Å². The van der Waals surface area contributed by atoms with Gasteiger partial charge in [0.2, 0.25) is 5.95 Å². The summed E-state index contributed by atoms with van der Waals surface area (Å²) in [6.45, 7) is 0. The molecule has 0 radical (unpaired) electrons. The molecule has 1 aromatic heterocycles. The molecule has 0 aliphatic rings. The van der Waals surface area contributed by atoms with Crippen LogP contribution < -0.4 is 14.5 Å². The first kappa shape index (κ1) is 17.8. The summed E-state index contributed by atoms with van der Waals surface area (Å²) in [5.41, 5.74) is 2.86. The van der Waals surface area contributed by atoms with Gasteiger partial charge in [0.05, 0.1) is 7.11 Å². The number of anilines is 4. The molecule has 0 aliphatic carbocycles. The topological polar surface area (TPSA) is 41.5 Å². The Labute approximate surface area is 164 Å². The van der Waals surface area contributed by atoms with Crippen LogP contribution in [0.1, 0.15) is 0 Å². The highest BCUT2D eigenvalue weighted by Crippen LogP contribution is 2.35. The molecule has 0 saturated heterocycles. The van der Waals surface area contributed by atoms with Gasteiger partial charge in [-0.3, -0.25) is 0 Å². The molecule has 0 unspecified atom stereocenters. The van der Waals surface area contributed by atoms with Gasteiger partial charge in [0.15, 0.2) is 0 Å². The molecule has 3 aromatic carbocycles. The Morgan fingerprint density at radius 2 is 1.29 bits per heavy atom. The van der Waals surface area contributed by atoms with Crippen molar-refractivity contribution in [3.63, 3.8) is 0 Å². The van der Waals surface area contributed by atoms with E-state index >= 15 is 0 Å². The molecule has 0 saturated carbocycles. The molecular weight excluding hydrogens is 348 g/mol. The van der Waals surface area contributed by atoms with E-state index in [0.29, 0.717) is 5.95 Å². The molecule has 0 atom stereocenters. The van der Waals surface area contributed by atoms with Gasteiger partial charge in [-0.1, -0.05) is 42.5 Å². The van der Waals surface area contributed by atoms with Gasteiger partial charge in [-0.25, -0.2) is 4.98 Å². The second-order valence-corrected chi connectivity index (χ2v) is 6.49. The normalized spacial score (nSPS) is 10.7. The smallest absolute Gasteiger partial charge is 0.232 e. The predicted molar refractivity (Wildman–Crippen MR) is 115 cm³/mol. The van der Waals surface area contributed by atoms with Crippen molar-refractivity contribution in [3.8, 4) is 5.75 Å². The third-order valence-corrected chi connectivity index (χ3v) is 4.78. The van der Waals surface area contributed by atoms with E-state index in [0.717, 1.165) is 33.8 Å². The Bertz CT molecular complexity index is 1080. The van der Waals surface area contributed by atoms with Crippen LogP contribution in [0.5, 0.6) is 5.75 Å². The quantitative estimate of drug-likeness (QED) is 0.484. The van der Waals surface area contributed by atoms with E-state index in [1.54, 1.807) is 7.11 Å². The maximum atomic E-state index is 5.58. The first-order valence-electron chi connectivity index (χ1n) is 9.11. The van der Waals surface area contributed by atoms with Crippen LogP contribution in [-0.4, -0.2) is 31.2 Å². The molecule has 4 rings (SSSR count). The average Bonchev–Trinajstić information content (AvgIpc) is 2.78. The van der Waals surface area contributed by atoms with Gasteiger partial charge in [0, 0.05) is 30.9 Å². The fraction of sp³-hybridized carbons (Fsp3) is 0.130. The summed E-state index contributed by atoms with van der Waals surface area (Å²) >= 11 is 0. The van der Waals surface area contributed by atoms with Crippen LogP contribution in [0.2, 0.25) is 0 Å². The molecule has 28 heavy (non-hydrogen) atoms. The first-order valence-corrected chi connectivity index (χ1v) is 9.11. The highest BCUT2D eigenvalue weighted by atomic mass is 16.5. The second kappa shape index (κ2) is 7.56. The van der Waals surface area contributed by atoms with Gasteiger partial charge in [0.25, 0.3) is 0 Å². The first-order chi connectivity index (χ1) is 13.7. The van der Waals surface area contributed by atoms with Gasteiger partial charge in [0.1, 0.15) is 17.1 Å². The third-order valence-electron chi connectivity index (χ3n) is 4.78.